The van der Waals surface area contributed by atoms with Crippen LogP contribution >= 0.6 is 11.6 Å². The molecule has 1 fully saturated rings. The molecule has 3 rings (SSSR count). The van der Waals surface area contributed by atoms with Gasteiger partial charge < -0.3 is 10.2 Å². The van der Waals surface area contributed by atoms with E-state index in [1.807, 2.05) is 0 Å². The molecule has 0 spiro atoms. The maximum atomic E-state index is 13.4. The molecule has 1 saturated carbocycles. The number of rotatable bonds is 10. The first-order chi connectivity index (χ1) is 16.6. The Bertz CT molecular complexity index is 1120. The first-order valence-electron chi connectivity index (χ1n) is 11.7. The molecule has 0 bridgehead atoms. The zero-order chi connectivity index (χ0) is 25.6. The lowest BCUT2D eigenvalue weighted by atomic mass is 10.1. The predicted octanol–water partition coefficient (Wildman–Crippen LogP) is 3.97. The minimum atomic E-state index is -3.96. The van der Waals surface area contributed by atoms with Crippen molar-refractivity contribution in [3.05, 3.63) is 64.9 Å². The Morgan fingerprint density at radius 3 is 2.26 bits per heavy atom. The predicted molar refractivity (Wildman–Crippen MR) is 133 cm³/mol. The smallest absolute Gasteiger partial charge is 0.243 e. The molecule has 0 heterocycles. The minimum absolute atomic E-state index is 0.00769. The summed E-state index contributed by atoms with van der Waals surface area (Å²) in [6, 6.07) is 10.6. The van der Waals surface area contributed by atoms with Crippen LogP contribution in [0.2, 0.25) is 5.02 Å². The molecule has 10 heteroatoms. The van der Waals surface area contributed by atoms with Crippen molar-refractivity contribution >= 4 is 33.4 Å². The molecular weight excluding hydrogens is 493 g/mol. The molecule has 1 atom stereocenters. The Morgan fingerprint density at radius 1 is 1.09 bits per heavy atom. The van der Waals surface area contributed by atoms with Gasteiger partial charge in [-0.15, -0.1) is 0 Å². The van der Waals surface area contributed by atoms with E-state index in [0.29, 0.717) is 17.0 Å². The van der Waals surface area contributed by atoms with Gasteiger partial charge in [0.15, 0.2) is 0 Å². The second-order valence-corrected chi connectivity index (χ2v) is 11.3. The van der Waals surface area contributed by atoms with Crippen molar-refractivity contribution in [1.29, 1.82) is 0 Å². The van der Waals surface area contributed by atoms with Gasteiger partial charge in [0.05, 0.1) is 11.4 Å². The highest BCUT2D eigenvalue weighted by Gasteiger charge is 2.33. The molecule has 7 nitrogen and oxygen atoms in total. The zero-order valence-electron chi connectivity index (χ0n) is 19.9. The highest BCUT2D eigenvalue weighted by molar-refractivity contribution is 7.89. The molecule has 190 valence electrons. The lowest BCUT2D eigenvalue weighted by molar-refractivity contribution is -0.141. The van der Waals surface area contributed by atoms with Crippen molar-refractivity contribution in [2.24, 2.45) is 0 Å². The van der Waals surface area contributed by atoms with Crippen LogP contribution in [-0.2, 0) is 26.2 Å². The third-order valence-corrected chi connectivity index (χ3v) is 8.30. The van der Waals surface area contributed by atoms with Gasteiger partial charge in [-0.3, -0.25) is 9.59 Å². The summed E-state index contributed by atoms with van der Waals surface area (Å²) in [5.41, 5.74) is 0.634. The molecular formula is C25H31ClFN3O4S. The molecule has 1 N–H and O–H groups in total. The largest absolute Gasteiger partial charge is 0.352 e. The molecule has 2 amide bonds. The number of likely N-dealkylation sites (N-methyl/N-ethyl adjacent to an activating group) is 1. The van der Waals surface area contributed by atoms with Crippen molar-refractivity contribution in [1.82, 2.24) is 14.5 Å². The van der Waals surface area contributed by atoms with Gasteiger partial charge >= 0.3 is 0 Å². The van der Waals surface area contributed by atoms with Crippen molar-refractivity contribution in [3.63, 3.8) is 0 Å². The number of hydrogen-bond donors (Lipinski definition) is 1. The first kappa shape index (κ1) is 27.1. The van der Waals surface area contributed by atoms with Gasteiger partial charge in [0, 0.05) is 24.7 Å². The maximum absolute atomic E-state index is 13.4. The van der Waals surface area contributed by atoms with E-state index < -0.39 is 34.3 Å². The van der Waals surface area contributed by atoms with Gasteiger partial charge in [-0.25, -0.2) is 12.8 Å². The standard InChI is InChI=1S/C25H31ClFN3O4S/c1-3-23(25(32)28-21-6-4-5-7-21)30(16-18-8-12-20(27)13-9-18)24(31)17-29(2)35(33,34)22-14-10-19(26)11-15-22/h8-15,21,23H,3-7,16-17H2,1-2H3,(H,28,32)/t23-/m0/s1. The van der Waals surface area contributed by atoms with Crippen molar-refractivity contribution < 1.29 is 22.4 Å². The van der Waals surface area contributed by atoms with E-state index in [2.05, 4.69) is 5.32 Å². The van der Waals surface area contributed by atoms with Crippen LogP contribution in [0.15, 0.2) is 53.4 Å². The molecule has 0 aliphatic heterocycles. The van der Waals surface area contributed by atoms with Gasteiger partial charge in [0.1, 0.15) is 11.9 Å². The fourth-order valence-corrected chi connectivity index (χ4v) is 5.47. The van der Waals surface area contributed by atoms with E-state index in [1.54, 1.807) is 19.1 Å². The lowest BCUT2D eigenvalue weighted by Gasteiger charge is -2.32. The molecule has 2 aromatic rings. The topological polar surface area (TPSA) is 86.8 Å². The molecule has 2 aromatic carbocycles. The van der Waals surface area contributed by atoms with Crippen LogP contribution in [0.5, 0.6) is 0 Å². The molecule has 0 radical (unpaired) electrons. The van der Waals surface area contributed by atoms with Gasteiger partial charge in [0.25, 0.3) is 0 Å². The van der Waals surface area contributed by atoms with Crippen molar-refractivity contribution in [3.8, 4) is 0 Å². The Labute approximate surface area is 211 Å². The van der Waals surface area contributed by atoms with Crippen LogP contribution in [0, 0.1) is 5.82 Å². The van der Waals surface area contributed by atoms with Crippen molar-refractivity contribution in [2.45, 2.75) is 62.6 Å². The molecule has 1 aliphatic rings. The maximum Gasteiger partial charge on any atom is 0.243 e. The summed E-state index contributed by atoms with van der Waals surface area (Å²) < 4.78 is 40.4. The van der Waals surface area contributed by atoms with E-state index >= 15 is 0 Å². The second-order valence-electron chi connectivity index (χ2n) is 8.78. The van der Waals surface area contributed by atoms with Crippen LogP contribution in [0.4, 0.5) is 4.39 Å². The number of amides is 2. The SMILES string of the molecule is CC[C@@H](C(=O)NC1CCCC1)N(Cc1ccc(F)cc1)C(=O)CN(C)S(=O)(=O)c1ccc(Cl)cc1. The third-order valence-electron chi connectivity index (χ3n) is 6.23. The second kappa shape index (κ2) is 12.0. The number of nitrogens with zero attached hydrogens (tertiary/aromatic N) is 2. The van der Waals surface area contributed by atoms with Crippen LogP contribution in [0.3, 0.4) is 0 Å². The summed E-state index contributed by atoms with van der Waals surface area (Å²) in [5.74, 6) is -1.20. The number of sulfonamides is 1. The van der Waals surface area contributed by atoms with Crippen LogP contribution < -0.4 is 5.32 Å². The minimum Gasteiger partial charge on any atom is -0.352 e. The number of carbonyl (C=O) groups excluding carboxylic acids is 2. The number of nitrogens with one attached hydrogen (secondary N) is 1. The normalized spacial score (nSPS) is 15.2. The average Bonchev–Trinajstić information content (AvgIpc) is 3.33. The number of carbonyl (C=O) groups is 2. The zero-order valence-corrected chi connectivity index (χ0v) is 21.5. The Balaban J connectivity index is 1.83. The number of halogens is 2. The quantitative estimate of drug-likeness (QED) is 0.510. The van der Waals surface area contributed by atoms with E-state index in [1.165, 1.54) is 48.3 Å². The van der Waals surface area contributed by atoms with Crippen molar-refractivity contribution in [2.75, 3.05) is 13.6 Å². The van der Waals surface area contributed by atoms with Gasteiger partial charge in [0.2, 0.25) is 21.8 Å². The molecule has 1 aliphatic carbocycles. The van der Waals surface area contributed by atoms with Crippen LogP contribution in [-0.4, -0.2) is 55.1 Å². The average molecular weight is 524 g/mol. The van der Waals surface area contributed by atoms with Crippen LogP contribution in [0.1, 0.15) is 44.6 Å². The highest BCUT2D eigenvalue weighted by atomic mass is 35.5. The van der Waals surface area contributed by atoms with Gasteiger partial charge in [-0.05, 0) is 61.2 Å². The fraction of sp³-hybridized carbons (Fsp3) is 0.440. The number of benzene rings is 2. The summed E-state index contributed by atoms with van der Waals surface area (Å²) in [5, 5.41) is 3.43. The highest BCUT2D eigenvalue weighted by Crippen LogP contribution is 2.21. The molecule has 0 aromatic heterocycles. The van der Waals surface area contributed by atoms with E-state index in [0.717, 1.165) is 30.0 Å². The molecule has 35 heavy (non-hydrogen) atoms. The summed E-state index contributed by atoms with van der Waals surface area (Å²) >= 11 is 5.86. The lowest BCUT2D eigenvalue weighted by Crippen LogP contribution is -2.53. The monoisotopic (exact) mass is 523 g/mol. The van der Waals surface area contributed by atoms with E-state index in [-0.39, 0.29) is 23.4 Å². The first-order valence-corrected chi connectivity index (χ1v) is 13.5. The fourth-order valence-electron chi connectivity index (χ4n) is 4.23. The molecule has 0 unspecified atom stereocenters. The van der Waals surface area contributed by atoms with Gasteiger partial charge in [-0.1, -0.05) is 43.5 Å². The summed E-state index contributed by atoms with van der Waals surface area (Å²) in [4.78, 5) is 28.0. The molecule has 0 saturated heterocycles. The van der Waals surface area contributed by atoms with Gasteiger partial charge in [-0.2, -0.15) is 4.31 Å². The third kappa shape index (κ3) is 7.02. The Morgan fingerprint density at radius 2 is 1.69 bits per heavy atom. The number of hydrogen-bond acceptors (Lipinski definition) is 4. The Hall–Kier alpha value is -2.49. The van der Waals surface area contributed by atoms with E-state index in [9.17, 15) is 22.4 Å². The van der Waals surface area contributed by atoms with Crippen LogP contribution in [0.25, 0.3) is 0 Å². The Kier molecular flexibility index (Phi) is 9.27. The summed E-state index contributed by atoms with van der Waals surface area (Å²) in [6.45, 7) is 1.39. The van der Waals surface area contributed by atoms with E-state index in [4.69, 9.17) is 11.6 Å². The summed E-state index contributed by atoms with van der Waals surface area (Å²) in [6.07, 6.45) is 4.24. The summed E-state index contributed by atoms with van der Waals surface area (Å²) in [7, 11) is -2.64.